The van der Waals surface area contributed by atoms with Crippen molar-refractivity contribution < 1.29 is 64.3 Å². The van der Waals surface area contributed by atoms with Gasteiger partial charge < -0.3 is 54.7 Å². The quantitative estimate of drug-likeness (QED) is 0.140. The summed E-state index contributed by atoms with van der Waals surface area (Å²) in [6, 6.07) is 0. The fourth-order valence-electron chi connectivity index (χ4n) is 11.5. The second kappa shape index (κ2) is 14.3. The van der Waals surface area contributed by atoms with Crippen molar-refractivity contribution in [3.63, 3.8) is 0 Å². The number of hydrogen-bond acceptors (Lipinski definition) is 13. The summed E-state index contributed by atoms with van der Waals surface area (Å²) in [7, 11) is 0. The highest BCUT2D eigenvalue weighted by atomic mass is 16.7. The molecule has 2 saturated carbocycles. The number of aliphatic hydroxyl groups is 7. The molecule has 13 heteroatoms. The van der Waals surface area contributed by atoms with Gasteiger partial charge in [-0.05, 0) is 90.9 Å². The maximum absolute atomic E-state index is 14.3. The van der Waals surface area contributed by atoms with Crippen LogP contribution in [0.5, 0.6) is 0 Å². The Morgan fingerprint density at radius 2 is 1.57 bits per heavy atom. The standard InChI is InChI=1S/C40H62O13/c1-20(21(2)42)16-40(35(49)53-34-32(48)30(46)29(45)24(18-41)51-34)15-14-38(6)22(17-40)8-9-26-37(5)12-11-27(36(3,4)25(37)10-13-39(26,38)7)52-33-31(47)28(44)23(43)19-50-33/h8-9,17,20,23-34,41,43-48H,10-16,18-19H2,1-7H3/t20-,23+,24-,25?,26?,27+,28+,29-,30+,31-,32-,33+,34+,37+,38-,39-,40-/m1/s1. The van der Waals surface area contributed by atoms with Gasteiger partial charge >= 0.3 is 5.97 Å². The number of carbonyl (C=O) groups is 2. The lowest BCUT2D eigenvalue weighted by atomic mass is 9.36. The largest absolute Gasteiger partial charge is 0.432 e. The molecule has 17 atom stereocenters. The second-order valence-electron chi connectivity index (χ2n) is 18.5. The molecule has 2 unspecified atom stereocenters. The van der Waals surface area contributed by atoms with Crippen molar-refractivity contribution in [1.82, 2.24) is 0 Å². The molecule has 0 spiro atoms. The molecule has 13 nitrogen and oxygen atoms in total. The topological polar surface area (TPSA) is 213 Å². The van der Waals surface area contributed by atoms with E-state index in [0.29, 0.717) is 12.8 Å². The monoisotopic (exact) mass is 750 g/mol. The molecule has 4 aliphatic carbocycles. The van der Waals surface area contributed by atoms with Crippen LogP contribution in [-0.2, 0) is 28.5 Å². The van der Waals surface area contributed by atoms with E-state index in [2.05, 4.69) is 46.8 Å². The summed E-state index contributed by atoms with van der Waals surface area (Å²) in [5.74, 6) is -0.801. The molecule has 6 aliphatic rings. The Morgan fingerprint density at radius 1 is 0.887 bits per heavy atom. The van der Waals surface area contributed by atoms with Gasteiger partial charge in [0.1, 0.15) is 48.5 Å². The number of fused-ring (bicyclic) bond motifs is 5. The van der Waals surface area contributed by atoms with E-state index in [-0.39, 0.29) is 58.4 Å². The summed E-state index contributed by atoms with van der Waals surface area (Å²) < 4.78 is 23.4. The zero-order valence-corrected chi connectivity index (χ0v) is 32.2. The summed E-state index contributed by atoms with van der Waals surface area (Å²) in [5.41, 5.74) is -1.18. The van der Waals surface area contributed by atoms with Crippen LogP contribution in [0, 0.1) is 44.8 Å². The number of ether oxygens (including phenoxy) is 4. The maximum Gasteiger partial charge on any atom is 0.318 e. The van der Waals surface area contributed by atoms with Crippen molar-refractivity contribution in [3.05, 3.63) is 23.8 Å². The number of esters is 1. The number of rotatable bonds is 8. The summed E-state index contributed by atoms with van der Waals surface area (Å²) in [4.78, 5) is 26.9. The Bertz CT molecular complexity index is 1460. The third-order valence-electron chi connectivity index (χ3n) is 15.3. The van der Waals surface area contributed by atoms with Crippen LogP contribution >= 0.6 is 0 Å². The zero-order chi connectivity index (χ0) is 39.1. The van der Waals surface area contributed by atoms with Crippen LogP contribution in [0.3, 0.4) is 0 Å². The lowest BCUT2D eigenvalue weighted by Crippen LogP contribution is -2.64. The predicted octanol–water partition coefficient (Wildman–Crippen LogP) is 1.91. The Balaban J connectivity index is 1.29. The summed E-state index contributed by atoms with van der Waals surface area (Å²) in [6.07, 6.45) is -2.01. The highest BCUT2D eigenvalue weighted by Crippen LogP contribution is 2.73. The van der Waals surface area contributed by atoms with Gasteiger partial charge in [0, 0.05) is 5.92 Å². The Hall–Kier alpha value is -1.78. The molecule has 300 valence electrons. The number of hydrogen-bond donors (Lipinski definition) is 7. The molecule has 0 aromatic carbocycles. The van der Waals surface area contributed by atoms with Crippen LogP contribution in [-0.4, -0.2) is 122 Å². The van der Waals surface area contributed by atoms with Gasteiger partial charge in [0.15, 0.2) is 6.29 Å². The van der Waals surface area contributed by atoms with Crippen molar-refractivity contribution in [2.45, 2.75) is 155 Å². The molecule has 0 aromatic heterocycles. The first-order valence-corrected chi connectivity index (χ1v) is 19.4. The van der Waals surface area contributed by atoms with E-state index in [9.17, 15) is 45.3 Å². The molecule has 0 bridgehead atoms. The maximum atomic E-state index is 14.3. The lowest BCUT2D eigenvalue weighted by molar-refractivity contribution is -0.306. The molecule has 7 N–H and O–H groups in total. The molecular weight excluding hydrogens is 688 g/mol. The zero-order valence-electron chi connectivity index (χ0n) is 32.2. The predicted molar refractivity (Wildman–Crippen MR) is 189 cm³/mol. The fraction of sp³-hybridized carbons (Fsp3) is 0.850. The summed E-state index contributed by atoms with van der Waals surface area (Å²) >= 11 is 0. The average Bonchev–Trinajstić information content (AvgIpc) is 3.10. The molecule has 0 radical (unpaired) electrons. The molecule has 2 aliphatic heterocycles. The van der Waals surface area contributed by atoms with E-state index in [1.807, 2.05) is 6.08 Å². The number of ketones is 1. The van der Waals surface area contributed by atoms with Crippen LogP contribution in [0.1, 0.15) is 93.4 Å². The van der Waals surface area contributed by atoms with Gasteiger partial charge in [0.2, 0.25) is 6.29 Å². The Labute approximate surface area is 312 Å². The molecule has 6 rings (SSSR count). The highest BCUT2D eigenvalue weighted by Gasteiger charge is 2.67. The van der Waals surface area contributed by atoms with Crippen molar-refractivity contribution >= 4 is 11.8 Å². The fourth-order valence-corrected chi connectivity index (χ4v) is 11.5. The van der Waals surface area contributed by atoms with Crippen molar-refractivity contribution in [3.8, 4) is 0 Å². The average molecular weight is 751 g/mol. The number of aliphatic hydroxyl groups excluding tert-OH is 7. The number of carbonyl (C=O) groups excluding carboxylic acids is 2. The third kappa shape index (κ3) is 6.48. The third-order valence-corrected chi connectivity index (χ3v) is 15.3. The van der Waals surface area contributed by atoms with Gasteiger partial charge in [-0.2, -0.15) is 0 Å². The minimum atomic E-state index is -1.74. The van der Waals surface area contributed by atoms with Crippen molar-refractivity contribution in [2.24, 2.45) is 44.8 Å². The van der Waals surface area contributed by atoms with Gasteiger partial charge in [-0.3, -0.25) is 9.59 Å². The smallest absolute Gasteiger partial charge is 0.318 e. The molecule has 2 saturated heterocycles. The molecule has 2 heterocycles. The van der Waals surface area contributed by atoms with E-state index < -0.39 is 79.2 Å². The van der Waals surface area contributed by atoms with Crippen LogP contribution in [0.15, 0.2) is 23.8 Å². The highest BCUT2D eigenvalue weighted by molar-refractivity contribution is 5.83. The SMILES string of the molecule is CC(=O)[C@H](C)C[C@@]1(C(=O)O[C@@H]2O[C@H](CO)[C@@H](O)[C@H](O)[C@H]2O)C=C2C=CC3[C@@]4(C)CC[C@H](O[C@@H]5OC[C@H](O)[C@H](O)[C@H]5O)C(C)(C)C4CC[C@@]3(C)[C@]2(C)CC1. The Kier molecular flexibility index (Phi) is 11.0. The lowest BCUT2D eigenvalue weighted by Gasteiger charge is -2.69. The van der Waals surface area contributed by atoms with E-state index in [1.54, 1.807) is 6.92 Å². The summed E-state index contributed by atoms with van der Waals surface area (Å²) in [5, 5.41) is 71.9. The molecule has 0 aromatic rings. The van der Waals surface area contributed by atoms with Crippen LogP contribution in [0.2, 0.25) is 0 Å². The molecule has 0 amide bonds. The van der Waals surface area contributed by atoms with E-state index in [0.717, 1.165) is 31.3 Å². The van der Waals surface area contributed by atoms with Crippen LogP contribution in [0.25, 0.3) is 0 Å². The minimum Gasteiger partial charge on any atom is -0.432 e. The van der Waals surface area contributed by atoms with E-state index >= 15 is 0 Å². The van der Waals surface area contributed by atoms with E-state index in [1.165, 1.54) is 6.92 Å². The van der Waals surface area contributed by atoms with E-state index in [4.69, 9.17) is 18.9 Å². The van der Waals surface area contributed by atoms with Gasteiger partial charge in [-0.25, -0.2) is 0 Å². The van der Waals surface area contributed by atoms with Crippen molar-refractivity contribution in [2.75, 3.05) is 13.2 Å². The van der Waals surface area contributed by atoms with Crippen LogP contribution in [0.4, 0.5) is 0 Å². The van der Waals surface area contributed by atoms with Gasteiger partial charge in [0.05, 0.1) is 24.7 Å². The summed E-state index contributed by atoms with van der Waals surface area (Å²) in [6.45, 7) is 14.0. The first kappa shape index (κ1) is 40.9. The minimum absolute atomic E-state index is 0.0743. The molecular formula is C40H62O13. The van der Waals surface area contributed by atoms with Crippen molar-refractivity contribution in [1.29, 1.82) is 0 Å². The number of Topliss-reactive ketones (excluding diaryl/α,β-unsaturated/α-hetero) is 1. The first-order chi connectivity index (χ1) is 24.7. The normalized spacial score (nSPS) is 49.8. The molecule has 53 heavy (non-hydrogen) atoms. The van der Waals surface area contributed by atoms with Gasteiger partial charge in [0.25, 0.3) is 0 Å². The van der Waals surface area contributed by atoms with Gasteiger partial charge in [-0.1, -0.05) is 59.8 Å². The second-order valence-corrected chi connectivity index (χ2v) is 18.5. The molecule has 4 fully saturated rings. The van der Waals surface area contributed by atoms with Gasteiger partial charge in [-0.15, -0.1) is 0 Å². The first-order valence-electron chi connectivity index (χ1n) is 19.4. The Morgan fingerprint density at radius 3 is 2.23 bits per heavy atom. The van der Waals surface area contributed by atoms with Crippen LogP contribution < -0.4 is 0 Å². The number of allylic oxidation sites excluding steroid dienone is 3.